The van der Waals surface area contributed by atoms with Crippen LogP contribution in [0.25, 0.3) is 0 Å². The van der Waals surface area contributed by atoms with Gasteiger partial charge in [0.1, 0.15) is 5.82 Å². The van der Waals surface area contributed by atoms with Crippen LogP contribution in [0.1, 0.15) is 11.1 Å². The lowest BCUT2D eigenvalue weighted by Crippen LogP contribution is -2.62. The van der Waals surface area contributed by atoms with E-state index in [9.17, 15) is 17.6 Å². The maximum absolute atomic E-state index is 13.9. The van der Waals surface area contributed by atoms with Crippen molar-refractivity contribution < 1.29 is 17.6 Å². The summed E-state index contributed by atoms with van der Waals surface area (Å²) in [5.41, 5.74) is 2.34. The van der Waals surface area contributed by atoms with Crippen molar-refractivity contribution >= 4 is 21.4 Å². The van der Waals surface area contributed by atoms with Crippen LogP contribution in [0, 0.1) is 12.7 Å². The summed E-state index contributed by atoms with van der Waals surface area (Å²) in [4.78, 5) is 16.5. The molecule has 2 atom stereocenters. The molecule has 0 saturated carbocycles. The number of amides is 1. The molecule has 0 aromatic heterocycles. The van der Waals surface area contributed by atoms with Crippen LogP contribution in [-0.2, 0) is 21.1 Å². The normalized spacial score (nSPS) is 24.4. The van der Waals surface area contributed by atoms with Gasteiger partial charge in [-0.3, -0.25) is 9.69 Å². The lowest BCUT2D eigenvalue weighted by Gasteiger charge is -2.43. The van der Waals surface area contributed by atoms with Gasteiger partial charge in [0.05, 0.1) is 24.1 Å². The summed E-state index contributed by atoms with van der Waals surface area (Å²) in [5.74, 6) is -0.391. The number of hydrogen-bond donors (Lipinski definition) is 0. The Morgan fingerprint density at radius 3 is 2.57 bits per heavy atom. The summed E-state index contributed by atoms with van der Waals surface area (Å²) in [6.45, 7) is 2.53. The molecule has 2 saturated heterocycles. The summed E-state index contributed by atoms with van der Waals surface area (Å²) < 4.78 is 38.7. The van der Waals surface area contributed by atoms with Gasteiger partial charge in [-0.25, -0.2) is 12.8 Å². The first-order chi connectivity index (χ1) is 13.3. The van der Waals surface area contributed by atoms with E-state index in [1.165, 1.54) is 6.07 Å². The summed E-state index contributed by atoms with van der Waals surface area (Å²) >= 11 is 0. The van der Waals surface area contributed by atoms with Crippen LogP contribution >= 0.6 is 0 Å². The summed E-state index contributed by atoms with van der Waals surface area (Å²) in [7, 11) is -3.24. The number of sulfone groups is 1. The van der Waals surface area contributed by atoms with Gasteiger partial charge < -0.3 is 4.90 Å². The molecule has 0 radical (unpaired) electrons. The van der Waals surface area contributed by atoms with Crippen LogP contribution in [0.3, 0.4) is 0 Å². The van der Waals surface area contributed by atoms with Crippen LogP contribution in [0.5, 0.6) is 0 Å². The highest BCUT2D eigenvalue weighted by Crippen LogP contribution is 2.32. The Morgan fingerprint density at radius 1 is 1.07 bits per heavy atom. The van der Waals surface area contributed by atoms with E-state index in [1.54, 1.807) is 23.1 Å². The van der Waals surface area contributed by atoms with Gasteiger partial charge in [0.2, 0.25) is 5.91 Å². The van der Waals surface area contributed by atoms with Crippen molar-refractivity contribution in [1.29, 1.82) is 0 Å². The monoisotopic (exact) mass is 402 g/mol. The number of anilines is 1. The number of nitrogens with zero attached hydrogens (tertiary/aromatic N) is 2. The van der Waals surface area contributed by atoms with Crippen molar-refractivity contribution in [3.63, 3.8) is 0 Å². The smallest absolute Gasteiger partial charge is 0.241 e. The summed E-state index contributed by atoms with van der Waals surface area (Å²) in [6, 6.07) is 13.5. The highest BCUT2D eigenvalue weighted by atomic mass is 32.2. The maximum atomic E-state index is 13.9. The van der Waals surface area contributed by atoms with E-state index in [0.717, 1.165) is 11.3 Å². The predicted molar refractivity (Wildman–Crippen MR) is 107 cm³/mol. The van der Waals surface area contributed by atoms with E-state index in [0.29, 0.717) is 18.5 Å². The van der Waals surface area contributed by atoms with E-state index in [2.05, 4.69) is 0 Å². The second-order valence-electron chi connectivity index (χ2n) is 7.63. The van der Waals surface area contributed by atoms with Gasteiger partial charge in [-0.2, -0.15) is 0 Å². The zero-order valence-electron chi connectivity index (χ0n) is 15.7. The van der Waals surface area contributed by atoms with Gasteiger partial charge in [0, 0.05) is 18.3 Å². The number of carbonyl (C=O) groups is 1. The highest BCUT2D eigenvalue weighted by molar-refractivity contribution is 7.91. The lowest BCUT2D eigenvalue weighted by atomic mass is 10.0. The molecular formula is C21H23FN2O3S. The fourth-order valence-electron chi connectivity index (χ4n) is 4.28. The van der Waals surface area contributed by atoms with Crippen molar-refractivity contribution in [3.8, 4) is 0 Å². The highest BCUT2D eigenvalue weighted by Gasteiger charge is 2.49. The Kier molecular flexibility index (Phi) is 4.97. The van der Waals surface area contributed by atoms with Crippen LogP contribution in [0.4, 0.5) is 10.1 Å². The maximum Gasteiger partial charge on any atom is 0.241 e. The van der Waals surface area contributed by atoms with Crippen LogP contribution in [0.2, 0.25) is 0 Å². The van der Waals surface area contributed by atoms with Crippen LogP contribution < -0.4 is 4.90 Å². The Bertz CT molecular complexity index is 1010. The second kappa shape index (κ2) is 7.29. The Labute approximate surface area is 164 Å². The Hall–Kier alpha value is -2.25. The number of hydrogen-bond acceptors (Lipinski definition) is 4. The first-order valence-electron chi connectivity index (χ1n) is 9.41. The quantitative estimate of drug-likeness (QED) is 0.787. The molecule has 2 heterocycles. The third-order valence-electron chi connectivity index (χ3n) is 5.61. The van der Waals surface area contributed by atoms with E-state index in [-0.39, 0.29) is 35.8 Å². The minimum atomic E-state index is -3.24. The van der Waals surface area contributed by atoms with E-state index >= 15 is 0 Å². The zero-order valence-corrected chi connectivity index (χ0v) is 16.5. The van der Waals surface area contributed by atoms with E-state index < -0.39 is 15.9 Å². The molecule has 0 spiro atoms. The third kappa shape index (κ3) is 3.69. The van der Waals surface area contributed by atoms with Crippen molar-refractivity contribution in [2.45, 2.75) is 25.4 Å². The van der Waals surface area contributed by atoms with E-state index in [4.69, 9.17) is 0 Å². The van der Waals surface area contributed by atoms with Gasteiger partial charge in [0.15, 0.2) is 9.84 Å². The van der Waals surface area contributed by atoms with Crippen LogP contribution in [-0.4, -0.2) is 55.9 Å². The van der Waals surface area contributed by atoms with Gasteiger partial charge in [-0.1, -0.05) is 30.3 Å². The van der Waals surface area contributed by atoms with Gasteiger partial charge in [-0.05, 0) is 42.7 Å². The molecule has 0 N–H and O–H groups in total. The van der Waals surface area contributed by atoms with Crippen molar-refractivity contribution in [1.82, 2.24) is 4.90 Å². The lowest BCUT2D eigenvalue weighted by molar-refractivity contribution is -0.123. The fourth-order valence-corrected chi connectivity index (χ4v) is 6.26. The van der Waals surface area contributed by atoms with Crippen molar-refractivity contribution in [2.75, 3.05) is 29.5 Å². The molecular weight excluding hydrogens is 379 g/mol. The molecule has 0 aliphatic carbocycles. The van der Waals surface area contributed by atoms with Crippen molar-refractivity contribution in [3.05, 3.63) is 65.5 Å². The standard InChI is InChI=1S/C21H23FN2O3S/c1-15-5-4-7-17(11-15)24-20-14-28(26,27)13-19(20)23(12-21(24)25)10-9-16-6-2-3-8-18(16)22/h2-8,11,19-20H,9-10,12-14H2,1H3. The molecule has 2 aromatic rings. The SMILES string of the molecule is Cc1cccc(N2C(=O)CN(CCc3ccccc3F)C3CS(=O)(=O)CC32)c1. The number of piperazine rings is 1. The molecule has 2 aliphatic heterocycles. The molecule has 2 aromatic carbocycles. The number of carbonyl (C=O) groups excluding carboxylic acids is 1. The molecule has 7 heteroatoms. The topological polar surface area (TPSA) is 57.7 Å². The molecule has 2 fully saturated rings. The number of halogens is 1. The molecule has 1 amide bonds. The summed E-state index contributed by atoms with van der Waals surface area (Å²) in [6.07, 6.45) is 0.438. The first-order valence-corrected chi connectivity index (χ1v) is 11.2. The number of fused-ring (bicyclic) bond motifs is 1. The van der Waals surface area contributed by atoms with E-state index in [1.807, 2.05) is 36.1 Å². The minimum Gasteiger partial charge on any atom is -0.306 e. The van der Waals surface area contributed by atoms with Crippen LogP contribution in [0.15, 0.2) is 48.5 Å². The molecule has 2 aliphatic rings. The van der Waals surface area contributed by atoms with Gasteiger partial charge in [-0.15, -0.1) is 0 Å². The molecule has 148 valence electrons. The number of aryl methyl sites for hydroxylation is 1. The molecule has 4 rings (SSSR count). The zero-order chi connectivity index (χ0) is 19.9. The first kappa shape index (κ1) is 19.1. The molecule has 28 heavy (non-hydrogen) atoms. The van der Waals surface area contributed by atoms with Gasteiger partial charge >= 0.3 is 0 Å². The number of rotatable bonds is 4. The molecule has 2 unspecified atom stereocenters. The third-order valence-corrected chi connectivity index (χ3v) is 7.31. The number of benzene rings is 2. The minimum absolute atomic E-state index is 0.0323. The second-order valence-corrected chi connectivity index (χ2v) is 9.78. The fraction of sp³-hybridized carbons (Fsp3) is 0.381. The Balaban J connectivity index is 1.60. The van der Waals surface area contributed by atoms with Crippen molar-refractivity contribution in [2.24, 2.45) is 0 Å². The molecule has 0 bridgehead atoms. The Morgan fingerprint density at radius 2 is 1.82 bits per heavy atom. The predicted octanol–water partition coefficient (Wildman–Crippen LogP) is 2.19. The summed E-state index contributed by atoms with van der Waals surface area (Å²) in [5, 5.41) is 0. The average Bonchev–Trinajstić information content (AvgIpc) is 2.95. The van der Waals surface area contributed by atoms with Gasteiger partial charge in [0.25, 0.3) is 0 Å². The molecule has 5 nitrogen and oxygen atoms in total. The largest absolute Gasteiger partial charge is 0.306 e. The average molecular weight is 402 g/mol.